The molecule has 27 heavy (non-hydrogen) atoms. The quantitative estimate of drug-likeness (QED) is 0.729. The number of amides is 1. The van der Waals surface area contributed by atoms with Crippen molar-refractivity contribution in [3.05, 3.63) is 71.9 Å². The molecule has 1 atom stereocenters. The molecule has 1 aliphatic heterocycles. The van der Waals surface area contributed by atoms with Crippen molar-refractivity contribution in [1.29, 1.82) is 0 Å². The van der Waals surface area contributed by atoms with E-state index in [4.69, 9.17) is 0 Å². The lowest BCUT2D eigenvalue weighted by Gasteiger charge is -2.32. The van der Waals surface area contributed by atoms with Crippen molar-refractivity contribution < 1.29 is 4.79 Å². The Morgan fingerprint density at radius 2 is 2.15 bits per heavy atom. The number of carbonyl (C=O) groups is 1. The monoisotopic (exact) mass is 362 g/mol. The first-order chi connectivity index (χ1) is 13.3. The van der Waals surface area contributed by atoms with Gasteiger partial charge in [-0.05, 0) is 49.7 Å². The minimum absolute atomic E-state index is 0.235. The molecular weight excluding hydrogens is 340 g/mol. The summed E-state index contributed by atoms with van der Waals surface area (Å²) >= 11 is 0. The van der Waals surface area contributed by atoms with Crippen LogP contribution in [0.15, 0.2) is 54.9 Å². The average Bonchev–Trinajstić information content (AvgIpc) is 3.22. The lowest BCUT2D eigenvalue weighted by Crippen LogP contribution is -2.34. The summed E-state index contributed by atoms with van der Waals surface area (Å²) in [6.07, 6.45) is 5.63. The Labute approximate surface area is 157 Å². The van der Waals surface area contributed by atoms with E-state index in [0.29, 0.717) is 17.4 Å². The van der Waals surface area contributed by atoms with Gasteiger partial charge in [0.2, 0.25) is 0 Å². The van der Waals surface area contributed by atoms with E-state index in [1.165, 1.54) is 0 Å². The maximum Gasteiger partial charge on any atom is 0.275 e. The van der Waals surface area contributed by atoms with E-state index in [2.05, 4.69) is 30.4 Å². The SMILES string of the molecule is O=C(Nc1ccccn1)c1cccc([C@@H]2CCCN(Cc3ccn[nH]3)C2)n1. The molecule has 138 valence electrons. The molecule has 4 rings (SSSR count). The third-order valence-electron chi connectivity index (χ3n) is 4.79. The summed E-state index contributed by atoms with van der Waals surface area (Å²) in [4.78, 5) is 23.7. The second kappa shape index (κ2) is 8.09. The van der Waals surface area contributed by atoms with Crippen molar-refractivity contribution in [2.24, 2.45) is 0 Å². The van der Waals surface area contributed by atoms with Crippen LogP contribution in [-0.4, -0.2) is 44.1 Å². The van der Waals surface area contributed by atoms with E-state index in [1.54, 1.807) is 24.5 Å². The van der Waals surface area contributed by atoms with Crippen LogP contribution in [0.4, 0.5) is 5.82 Å². The highest BCUT2D eigenvalue weighted by Gasteiger charge is 2.23. The summed E-state index contributed by atoms with van der Waals surface area (Å²) in [6.45, 7) is 2.85. The topological polar surface area (TPSA) is 86.8 Å². The third-order valence-corrected chi connectivity index (χ3v) is 4.79. The van der Waals surface area contributed by atoms with Gasteiger partial charge in [-0.2, -0.15) is 5.10 Å². The summed E-state index contributed by atoms with van der Waals surface area (Å²) < 4.78 is 0. The van der Waals surface area contributed by atoms with E-state index >= 15 is 0 Å². The molecule has 0 spiro atoms. The summed E-state index contributed by atoms with van der Waals surface area (Å²) in [5, 5.41) is 9.83. The number of hydrogen-bond acceptors (Lipinski definition) is 5. The van der Waals surface area contributed by atoms with Crippen LogP contribution in [0.1, 0.15) is 40.6 Å². The fourth-order valence-electron chi connectivity index (χ4n) is 3.48. The van der Waals surface area contributed by atoms with Gasteiger partial charge < -0.3 is 5.32 Å². The van der Waals surface area contributed by atoms with E-state index in [9.17, 15) is 4.79 Å². The molecule has 0 radical (unpaired) electrons. The van der Waals surface area contributed by atoms with Gasteiger partial charge in [0.15, 0.2) is 0 Å². The number of hydrogen-bond donors (Lipinski definition) is 2. The number of anilines is 1. The number of nitrogens with zero attached hydrogens (tertiary/aromatic N) is 4. The van der Waals surface area contributed by atoms with E-state index < -0.39 is 0 Å². The Morgan fingerprint density at radius 1 is 1.19 bits per heavy atom. The second-order valence-electron chi connectivity index (χ2n) is 6.77. The number of likely N-dealkylation sites (tertiary alicyclic amines) is 1. The zero-order valence-electron chi connectivity index (χ0n) is 15.0. The largest absolute Gasteiger partial charge is 0.305 e. The number of pyridine rings is 2. The molecule has 1 amide bonds. The van der Waals surface area contributed by atoms with Gasteiger partial charge in [-0.25, -0.2) is 9.97 Å². The molecule has 4 heterocycles. The van der Waals surface area contributed by atoms with Crippen molar-refractivity contribution in [3.63, 3.8) is 0 Å². The van der Waals surface area contributed by atoms with Gasteiger partial charge in [0, 0.05) is 42.8 Å². The molecule has 7 nitrogen and oxygen atoms in total. The number of carbonyl (C=O) groups excluding carboxylic acids is 1. The number of rotatable bonds is 5. The fraction of sp³-hybridized carbons (Fsp3) is 0.300. The number of aromatic nitrogens is 4. The smallest absolute Gasteiger partial charge is 0.275 e. The van der Waals surface area contributed by atoms with E-state index in [0.717, 1.165) is 43.9 Å². The molecular formula is C20H22N6O. The van der Waals surface area contributed by atoms with Crippen molar-refractivity contribution in [2.45, 2.75) is 25.3 Å². The van der Waals surface area contributed by atoms with Crippen LogP contribution in [0, 0.1) is 0 Å². The Bertz CT molecular complexity index is 881. The van der Waals surface area contributed by atoms with Gasteiger partial charge >= 0.3 is 0 Å². The van der Waals surface area contributed by atoms with Crippen LogP contribution >= 0.6 is 0 Å². The van der Waals surface area contributed by atoms with Gasteiger partial charge in [-0.1, -0.05) is 12.1 Å². The highest BCUT2D eigenvalue weighted by molar-refractivity contribution is 6.02. The lowest BCUT2D eigenvalue weighted by molar-refractivity contribution is 0.102. The minimum Gasteiger partial charge on any atom is -0.305 e. The summed E-state index contributed by atoms with van der Waals surface area (Å²) in [5.74, 6) is 0.614. The zero-order chi connectivity index (χ0) is 18.5. The molecule has 0 aromatic carbocycles. The molecule has 1 saturated heterocycles. The molecule has 1 fully saturated rings. The predicted octanol–water partition coefficient (Wildman–Crippen LogP) is 2.83. The van der Waals surface area contributed by atoms with Crippen LogP contribution in [0.25, 0.3) is 0 Å². The zero-order valence-corrected chi connectivity index (χ0v) is 15.0. The van der Waals surface area contributed by atoms with Crippen molar-refractivity contribution in [2.75, 3.05) is 18.4 Å². The maximum atomic E-state index is 12.5. The van der Waals surface area contributed by atoms with Gasteiger partial charge in [0.1, 0.15) is 11.5 Å². The molecule has 0 unspecified atom stereocenters. The summed E-state index contributed by atoms with van der Waals surface area (Å²) in [6, 6.07) is 13.1. The van der Waals surface area contributed by atoms with Crippen molar-refractivity contribution in [1.82, 2.24) is 25.1 Å². The third kappa shape index (κ3) is 4.38. The Morgan fingerprint density at radius 3 is 2.96 bits per heavy atom. The van der Waals surface area contributed by atoms with Crippen LogP contribution in [0.3, 0.4) is 0 Å². The molecule has 0 saturated carbocycles. The first-order valence-corrected chi connectivity index (χ1v) is 9.18. The normalized spacial score (nSPS) is 17.6. The van der Waals surface area contributed by atoms with Crippen LogP contribution in [-0.2, 0) is 6.54 Å². The number of aromatic amines is 1. The molecule has 3 aromatic rings. The highest BCUT2D eigenvalue weighted by Crippen LogP contribution is 2.26. The van der Waals surface area contributed by atoms with E-state index in [1.807, 2.05) is 30.3 Å². The predicted molar refractivity (Wildman–Crippen MR) is 102 cm³/mol. The minimum atomic E-state index is -0.235. The molecule has 0 aliphatic carbocycles. The average molecular weight is 362 g/mol. The molecule has 0 bridgehead atoms. The Hall–Kier alpha value is -3.06. The first kappa shape index (κ1) is 17.4. The Kier molecular flexibility index (Phi) is 5.20. The number of nitrogens with one attached hydrogen (secondary N) is 2. The van der Waals surface area contributed by atoms with Gasteiger partial charge in [0.05, 0.1) is 0 Å². The molecule has 3 aromatic heterocycles. The second-order valence-corrected chi connectivity index (χ2v) is 6.77. The number of H-pyrrole nitrogens is 1. The van der Waals surface area contributed by atoms with Gasteiger partial charge in [-0.15, -0.1) is 0 Å². The standard InChI is InChI=1S/C20H22N6O/c27-20(24-19-8-1-2-10-21-19)18-7-3-6-17(23-18)15-5-4-12-26(13-15)14-16-9-11-22-25-16/h1-3,6-11,15H,4-5,12-14H2,(H,22,25)(H,21,24,27)/t15-/m1/s1. The summed E-state index contributed by atoms with van der Waals surface area (Å²) in [7, 11) is 0. The van der Waals surface area contributed by atoms with Crippen LogP contribution in [0.2, 0.25) is 0 Å². The van der Waals surface area contributed by atoms with Crippen molar-refractivity contribution >= 4 is 11.7 Å². The fourth-order valence-corrected chi connectivity index (χ4v) is 3.48. The molecule has 2 N–H and O–H groups in total. The number of piperidine rings is 1. The first-order valence-electron chi connectivity index (χ1n) is 9.18. The van der Waals surface area contributed by atoms with Crippen LogP contribution in [0.5, 0.6) is 0 Å². The highest BCUT2D eigenvalue weighted by atomic mass is 16.1. The molecule has 1 aliphatic rings. The van der Waals surface area contributed by atoms with Gasteiger partial charge in [0.25, 0.3) is 5.91 Å². The Balaban J connectivity index is 1.44. The van der Waals surface area contributed by atoms with E-state index in [-0.39, 0.29) is 5.91 Å². The summed E-state index contributed by atoms with van der Waals surface area (Å²) in [5.41, 5.74) is 2.51. The lowest BCUT2D eigenvalue weighted by atomic mass is 9.94. The van der Waals surface area contributed by atoms with Gasteiger partial charge in [-0.3, -0.25) is 14.8 Å². The van der Waals surface area contributed by atoms with Crippen LogP contribution < -0.4 is 5.32 Å². The molecule has 7 heteroatoms. The van der Waals surface area contributed by atoms with Crippen molar-refractivity contribution in [3.8, 4) is 0 Å². The maximum absolute atomic E-state index is 12.5.